The molecule has 0 saturated carbocycles. The van der Waals surface area contributed by atoms with Crippen molar-refractivity contribution in [2.24, 2.45) is 0 Å². The van der Waals surface area contributed by atoms with Crippen molar-refractivity contribution in [1.29, 1.82) is 0 Å². The van der Waals surface area contributed by atoms with Crippen LogP contribution in [-0.4, -0.2) is 47.0 Å². The third-order valence-corrected chi connectivity index (χ3v) is 4.22. The van der Waals surface area contributed by atoms with Gasteiger partial charge in [0.15, 0.2) is 0 Å². The first-order valence-corrected chi connectivity index (χ1v) is 8.20. The van der Waals surface area contributed by atoms with Crippen molar-refractivity contribution in [3.8, 4) is 0 Å². The molecular weight excluding hydrogens is 272 g/mol. The summed E-state index contributed by atoms with van der Waals surface area (Å²) in [5.74, 6) is 0. The molecule has 1 N–H and O–H groups in total. The zero-order valence-corrected chi connectivity index (χ0v) is 13.8. The van der Waals surface area contributed by atoms with Crippen molar-refractivity contribution in [2.45, 2.75) is 40.8 Å². The van der Waals surface area contributed by atoms with Crippen LogP contribution >= 0.6 is 11.3 Å². The molecule has 0 unspecified atom stereocenters. The van der Waals surface area contributed by atoms with Crippen LogP contribution < -0.4 is 5.32 Å². The molecule has 6 heteroatoms. The summed E-state index contributed by atoms with van der Waals surface area (Å²) in [6.45, 7) is 13.2. The van der Waals surface area contributed by atoms with Crippen molar-refractivity contribution in [2.75, 3.05) is 26.2 Å². The van der Waals surface area contributed by atoms with Crippen molar-refractivity contribution in [3.05, 3.63) is 16.1 Å². The normalized spacial score (nSPS) is 10.8. The zero-order valence-electron chi connectivity index (χ0n) is 13.0. The van der Waals surface area contributed by atoms with Gasteiger partial charge in [0, 0.05) is 25.0 Å². The average molecular weight is 298 g/mol. The summed E-state index contributed by atoms with van der Waals surface area (Å²) < 4.78 is 0. The second-order valence-electron chi connectivity index (χ2n) is 4.52. The predicted octanol–water partition coefficient (Wildman–Crippen LogP) is 2.54. The number of amides is 2. The Bertz CT molecular complexity index is 400. The van der Waals surface area contributed by atoms with Crippen LogP contribution in [0.1, 0.15) is 38.4 Å². The fourth-order valence-corrected chi connectivity index (χ4v) is 2.68. The fourth-order valence-electron chi connectivity index (χ4n) is 1.95. The number of hydrogen-bond donors (Lipinski definition) is 1. The maximum absolute atomic E-state index is 11.8. The first kappa shape index (κ1) is 16.9. The van der Waals surface area contributed by atoms with E-state index >= 15 is 0 Å². The van der Waals surface area contributed by atoms with Crippen LogP contribution in [0.2, 0.25) is 0 Å². The third-order valence-electron chi connectivity index (χ3n) is 3.32. The van der Waals surface area contributed by atoms with Gasteiger partial charge in [0.25, 0.3) is 0 Å². The Morgan fingerprint density at radius 2 is 1.85 bits per heavy atom. The van der Waals surface area contributed by atoms with E-state index in [1.165, 1.54) is 0 Å². The predicted molar refractivity (Wildman–Crippen MR) is 83.9 cm³/mol. The second kappa shape index (κ2) is 8.92. The molecule has 0 atom stereocenters. The van der Waals surface area contributed by atoms with E-state index in [0.29, 0.717) is 6.54 Å². The largest absolute Gasteiger partial charge is 0.331 e. The number of carbonyl (C=O) groups excluding carboxylic acids is 1. The Hall–Kier alpha value is -1.14. The van der Waals surface area contributed by atoms with Crippen molar-refractivity contribution < 1.29 is 4.79 Å². The Morgan fingerprint density at radius 3 is 2.40 bits per heavy atom. The summed E-state index contributed by atoms with van der Waals surface area (Å²) in [7, 11) is 0. The van der Waals surface area contributed by atoms with Gasteiger partial charge in [-0.1, -0.05) is 13.8 Å². The first-order chi connectivity index (χ1) is 9.64. The molecule has 0 spiro atoms. The van der Waals surface area contributed by atoms with Gasteiger partial charge in [-0.3, -0.25) is 4.90 Å². The topological polar surface area (TPSA) is 48.5 Å². The van der Waals surface area contributed by atoms with E-state index in [2.05, 4.69) is 34.4 Å². The number of nitrogens with zero attached hydrogens (tertiary/aromatic N) is 3. The first-order valence-electron chi connectivity index (χ1n) is 7.32. The van der Waals surface area contributed by atoms with E-state index in [4.69, 9.17) is 0 Å². The second-order valence-corrected chi connectivity index (χ2v) is 5.47. The molecular formula is C14H26N4OS. The molecule has 0 radical (unpaired) electrons. The molecule has 0 aliphatic carbocycles. The van der Waals surface area contributed by atoms with Crippen molar-refractivity contribution >= 4 is 17.4 Å². The van der Waals surface area contributed by atoms with Gasteiger partial charge in [0.2, 0.25) is 0 Å². The Morgan fingerprint density at radius 1 is 1.20 bits per heavy atom. The lowest BCUT2D eigenvalue weighted by atomic mass is 10.4. The minimum absolute atomic E-state index is 0.0181. The number of rotatable bonds is 8. The van der Waals surface area contributed by atoms with Crippen molar-refractivity contribution in [3.63, 3.8) is 0 Å². The van der Waals surface area contributed by atoms with Crippen LogP contribution in [0.4, 0.5) is 4.79 Å². The van der Waals surface area contributed by atoms with Crippen LogP contribution in [-0.2, 0) is 13.1 Å². The SMILES string of the molecule is CCN(CC)Cc1csc(CNC(=O)N(CC)CC)n1. The van der Waals surface area contributed by atoms with E-state index in [0.717, 1.165) is 43.4 Å². The van der Waals surface area contributed by atoms with Gasteiger partial charge in [0.1, 0.15) is 5.01 Å². The number of aromatic nitrogens is 1. The standard InChI is InChI=1S/C14H26N4OS/c1-5-17(6-2)10-12-11-20-13(16-12)9-15-14(19)18(7-3)8-4/h11H,5-10H2,1-4H3,(H,15,19). The maximum atomic E-state index is 11.8. The number of urea groups is 1. The van der Waals surface area contributed by atoms with Gasteiger partial charge in [-0.2, -0.15) is 0 Å². The number of hydrogen-bond acceptors (Lipinski definition) is 4. The number of nitrogens with one attached hydrogen (secondary N) is 1. The summed E-state index contributed by atoms with van der Waals surface area (Å²) in [5, 5.41) is 5.96. The molecule has 1 rings (SSSR count). The Labute approximate surface area is 126 Å². The van der Waals surface area contributed by atoms with E-state index in [1.54, 1.807) is 16.2 Å². The summed E-state index contributed by atoms with van der Waals surface area (Å²) in [6.07, 6.45) is 0. The molecule has 0 bridgehead atoms. The van der Waals surface area contributed by atoms with Gasteiger partial charge < -0.3 is 10.2 Å². The highest BCUT2D eigenvalue weighted by Crippen LogP contribution is 2.11. The molecule has 0 fully saturated rings. The molecule has 0 saturated heterocycles. The van der Waals surface area contributed by atoms with Crippen LogP contribution in [0, 0.1) is 0 Å². The maximum Gasteiger partial charge on any atom is 0.317 e. The van der Waals surface area contributed by atoms with Gasteiger partial charge >= 0.3 is 6.03 Å². The lowest BCUT2D eigenvalue weighted by Crippen LogP contribution is -2.39. The van der Waals surface area contributed by atoms with E-state index in [1.807, 2.05) is 13.8 Å². The van der Waals surface area contributed by atoms with Crippen molar-refractivity contribution in [1.82, 2.24) is 20.1 Å². The fraction of sp³-hybridized carbons (Fsp3) is 0.714. The minimum Gasteiger partial charge on any atom is -0.331 e. The van der Waals surface area contributed by atoms with Gasteiger partial charge in [-0.25, -0.2) is 9.78 Å². The zero-order chi connectivity index (χ0) is 15.0. The summed E-state index contributed by atoms with van der Waals surface area (Å²) in [5.41, 5.74) is 1.09. The molecule has 0 aromatic carbocycles. The van der Waals surface area contributed by atoms with Crippen LogP contribution in [0.3, 0.4) is 0 Å². The van der Waals surface area contributed by atoms with Crippen LogP contribution in [0.5, 0.6) is 0 Å². The molecule has 5 nitrogen and oxygen atoms in total. The average Bonchev–Trinajstić information content (AvgIpc) is 2.91. The third kappa shape index (κ3) is 5.09. The highest BCUT2D eigenvalue weighted by Gasteiger charge is 2.10. The molecule has 0 aliphatic heterocycles. The van der Waals surface area contributed by atoms with Gasteiger partial charge in [0.05, 0.1) is 12.2 Å². The smallest absolute Gasteiger partial charge is 0.317 e. The summed E-state index contributed by atoms with van der Waals surface area (Å²) in [4.78, 5) is 20.5. The monoisotopic (exact) mass is 298 g/mol. The molecule has 114 valence electrons. The number of thiazole rings is 1. The van der Waals surface area contributed by atoms with E-state index in [-0.39, 0.29) is 6.03 Å². The summed E-state index contributed by atoms with van der Waals surface area (Å²) >= 11 is 1.61. The minimum atomic E-state index is -0.0181. The van der Waals surface area contributed by atoms with Crippen LogP contribution in [0.15, 0.2) is 5.38 Å². The quantitative estimate of drug-likeness (QED) is 0.802. The highest BCUT2D eigenvalue weighted by molar-refractivity contribution is 7.09. The Kier molecular flexibility index (Phi) is 7.54. The Balaban J connectivity index is 2.46. The number of carbonyl (C=O) groups is 1. The summed E-state index contributed by atoms with van der Waals surface area (Å²) in [6, 6.07) is -0.0181. The molecule has 2 amide bonds. The molecule has 1 heterocycles. The lowest BCUT2D eigenvalue weighted by Gasteiger charge is -2.18. The van der Waals surface area contributed by atoms with Gasteiger partial charge in [-0.05, 0) is 26.9 Å². The molecule has 1 aromatic heterocycles. The van der Waals surface area contributed by atoms with Gasteiger partial charge in [-0.15, -0.1) is 11.3 Å². The van der Waals surface area contributed by atoms with E-state index < -0.39 is 0 Å². The van der Waals surface area contributed by atoms with E-state index in [9.17, 15) is 4.79 Å². The lowest BCUT2D eigenvalue weighted by molar-refractivity contribution is 0.203. The van der Waals surface area contributed by atoms with Crippen LogP contribution in [0.25, 0.3) is 0 Å². The molecule has 20 heavy (non-hydrogen) atoms. The molecule has 0 aliphatic rings. The molecule has 1 aromatic rings. The highest BCUT2D eigenvalue weighted by atomic mass is 32.1.